The molecule has 2 bridgehead atoms. The molecule has 5 heteroatoms. The van der Waals surface area contributed by atoms with E-state index in [0.717, 1.165) is 32.1 Å². The Balaban J connectivity index is 1.99. The topological polar surface area (TPSA) is 63.2 Å². The Labute approximate surface area is 128 Å². The predicted octanol–water partition coefficient (Wildman–Crippen LogP) is 2.66. The van der Waals surface area contributed by atoms with Crippen LogP contribution in [0, 0.1) is 16.7 Å². The second-order valence-corrected chi connectivity index (χ2v) is 8.91. The van der Waals surface area contributed by atoms with Gasteiger partial charge in [-0.15, -0.1) is 6.58 Å². The summed E-state index contributed by atoms with van der Waals surface area (Å²) >= 11 is 0. The third-order valence-corrected chi connectivity index (χ3v) is 7.25. The monoisotopic (exact) mass is 313 g/mol. The van der Waals surface area contributed by atoms with Crippen molar-refractivity contribution in [2.45, 2.75) is 52.4 Å². The van der Waals surface area contributed by atoms with Gasteiger partial charge in [0.1, 0.15) is 5.78 Å². The summed E-state index contributed by atoms with van der Waals surface area (Å²) in [6, 6.07) is 0. The molecular formula is C16H27NO3S. The van der Waals surface area contributed by atoms with Gasteiger partial charge in [-0.05, 0) is 43.4 Å². The first-order valence-electron chi connectivity index (χ1n) is 7.87. The van der Waals surface area contributed by atoms with Crippen molar-refractivity contribution in [2.75, 3.05) is 12.3 Å². The van der Waals surface area contributed by atoms with E-state index in [1.54, 1.807) is 0 Å². The highest BCUT2D eigenvalue weighted by molar-refractivity contribution is 7.89. The first-order valence-corrected chi connectivity index (χ1v) is 9.52. The first kappa shape index (κ1) is 16.7. The normalized spacial score (nSPS) is 30.8. The Morgan fingerprint density at radius 1 is 1.38 bits per heavy atom. The zero-order valence-electron chi connectivity index (χ0n) is 13.2. The largest absolute Gasteiger partial charge is 0.299 e. The van der Waals surface area contributed by atoms with Gasteiger partial charge in [0.15, 0.2) is 0 Å². The quantitative estimate of drug-likeness (QED) is 0.553. The van der Waals surface area contributed by atoms with E-state index in [-0.39, 0.29) is 17.0 Å². The molecule has 0 aliphatic heterocycles. The van der Waals surface area contributed by atoms with Crippen LogP contribution in [0.1, 0.15) is 52.4 Å². The number of hydrogen-bond donors (Lipinski definition) is 1. The molecule has 0 aromatic heterocycles. The van der Waals surface area contributed by atoms with Crippen LogP contribution < -0.4 is 4.72 Å². The van der Waals surface area contributed by atoms with Crippen LogP contribution in [-0.2, 0) is 14.8 Å². The minimum Gasteiger partial charge on any atom is -0.299 e. The summed E-state index contributed by atoms with van der Waals surface area (Å²) in [4.78, 5) is 12.4. The molecule has 2 aliphatic rings. The second kappa shape index (κ2) is 5.84. The maximum absolute atomic E-state index is 12.4. The third-order valence-electron chi connectivity index (χ3n) is 5.73. The van der Waals surface area contributed by atoms with Gasteiger partial charge in [-0.1, -0.05) is 19.9 Å². The molecular weight excluding hydrogens is 286 g/mol. The van der Waals surface area contributed by atoms with E-state index in [4.69, 9.17) is 0 Å². The van der Waals surface area contributed by atoms with Crippen LogP contribution in [0.4, 0.5) is 0 Å². The third kappa shape index (κ3) is 2.95. The lowest BCUT2D eigenvalue weighted by Gasteiger charge is -2.36. The van der Waals surface area contributed by atoms with Gasteiger partial charge in [0, 0.05) is 18.4 Å². The van der Waals surface area contributed by atoms with Crippen LogP contribution in [-0.4, -0.2) is 26.5 Å². The van der Waals surface area contributed by atoms with Crippen LogP contribution >= 0.6 is 0 Å². The standard InChI is InChI=1S/C16H27NO3S/c1-4-5-6-7-10-17-21(19,20)12-16-9-8-13(11-14(16)18)15(16,2)3/h4,13,17H,1,5-12H2,2-3H3/t13-,16-/m1/s1. The summed E-state index contributed by atoms with van der Waals surface area (Å²) in [5.74, 6) is 0.470. The Kier molecular flexibility index (Phi) is 4.64. The molecule has 2 fully saturated rings. The van der Waals surface area contributed by atoms with Gasteiger partial charge in [-0.25, -0.2) is 13.1 Å². The van der Waals surface area contributed by atoms with E-state index >= 15 is 0 Å². The van der Waals surface area contributed by atoms with Crippen LogP contribution in [0.3, 0.4) is 0 Å². The van der Waals surface area contributed by atoms with E-state index < -0.39 is 15.4 Å². The second-order valence-electron chi connectivity index (χ2n) is 7.10. The van der Waals surface area contributed by atoms with E-state index in [0.29, 0.717) is 18.9 Å². The lowest BCUT2D eigenvalue weighted by atomic mass is 9.70. The number of ketones is 1. The number of Topliss-reactive ketones (excluding diaryl/α,β-unsaturated/α-hetero) is 1. The van der Waals surface area contributed by atoms with Crippen molar-refractivity contribution >= 4 is 15.8 Å². The Morgan fingerprint density at radius 2 is 2.10 bits per heavy atom. The number of carbonyl (C=O) groups is 1. The molecule has 4 nitrogen and oxygen atoms in total. The lowest BCUT2D eigenvalue weighted by Crippen LogP contribution is -2.45. The van der Waals surface area contributed by atoms with Gasteiger partial charge in [0.05, 0.1) is 5.75 Å². The molecule has 21 heavy (non-hydrogen) atoms. The molecule has 1 N–H and O–H groups in total. The Morgan fingerprint density at radius 3 is 2.62 bits per heavy atom. The van der Waals surface area contributed by atoms with Crippen molar-refractivity contribution in [3.05, 3.63) is 12.7 Å². The fourth-order valence-electron chi connectivity index (χ4n) is 4.12. The smallest absolute Gasteiger partial charge is 0.212 e. The fraction of sp³-hybridized carbons (Fsp3) is 0.812. The highest BCUT2D eigenvalue weighted by Gasteiger charge is 2.65. The van der Waals surface area contributed by atoms with Gasteiger partial charge in [-0.2, -0.15) is 0 Å². The van der Waals surface area contributed by atoms with Crippen molar-refractivity contribution in [1.82, 2.24) is 4.72 Å². The average molecular weight is 313 g/mol. The number of rotatable bonds is 8. The SMILES string of the molecule is C=CCCCCNS(=O)(=O)C[C@]12CC[C@H](CC1=O)C2(C)C. The van der Waals surface area contributed by atoms with Crippen molar-refractivity contribution < 1.29 is 13.2 Å². The van der Waals surface area contributed by atoms with Crippen molar-refractivity contribution in [1.29, 1.82) is 0 Å². The summed E-state index contributed by atoms with van der Waals surface area (Å²) in [7, 11) is -3.40. The predicted molar refractivity (Wildman–Crippen MR) is 84.4 cm³/mol. The first-order chi connectivity index (χ1) is 9.75. The summed E-state index contributed by atoms with van der Waals surface area (Å²) in [6.07, 6.45) is 6.74. The molecule has 0 aromatic carbocycles. The molecule has 0 aromatic rings. The molecule has 2 atom stereocenters. The van der Waals surface area contributed by atoms with Gasteiger partial charge < -0.3 is 0 Å². The van der Waals surface area contributed by atoms with Crippen LogP contribution in [0.15, 0.2) is 12.7 Å². The summed E-state index contributed by atoms with van der Waals surface area (Å²) in [5, 5.41) is 0. The van der Waals surface area contributed by atoms with Crippen LogP contribution in [0.2, 0.25) is 0 Å². The molecule has 0 unspecified atom stereocenters. The summed E-state index contributed by atoms with van der Waals surface area (Å²) < 4.78 is 27.4. The average Bonchev–Trinajstić information content (AvgIpc) is 2.72. The number of unbranched alkanes of at least 4 members (excludes halogenated alkanes) is 2. The number of allylic oxidation sites excluding steroid dienone is 1. The Bertz CT molecular complexity index is 524. The van der Waals surface area contributed by atoms with Crippen molar-refractivity contribution in [3.63, 3.8) is 0 Å². The number of hydrogen-bond acceptors (Lipinski definition) is 3. The molecule has 2 rings (SSSR count). The molecule has 0 spiro atoms. The zero-order chi connectivity index (χ0) is 15.7. The number of nitrogens with one attached hydrogen (secondary N) is 1. The van der Waals surface area contributed by atoms with Gasteiger partial charge in [0.2, 0.25) is 10.0 Å². The lowest BCUT2D eigenvalue weighted by molar-refractivity contribution is -0.128. The number of carbonyl (C=O) groups excluding carboxylic acids is 1. The molecule has 120 valence electrons. The maximum atomic E-state index is 12.4. The molecule has 0 radical (unpaired) electrons. The highest BCUT2D eigenvalue weighted by atomic mass is 32.2. The summed E-state index contributed by atoms with van der Waals surface area (Å²) in [6.45, 7) is 8.23. The van der Waals surface area contributed by atoms with Gasteiger partial charge >= 0.3 is 0 Å². The maximum Gasteiger partial charge on any atom is 0.212 e. The fourth-order valence-corrected chi connectivity index (χ4v) is 6.01. The molecule has 2 saturated carbocycles. The van der Waals surface area contributed by atoms with Crippen molar-refractivity contribution in [2.24, 2.45) is 16.7 Å². The number of sulfonamides is 1. The van der Waals surface area contributed by atoms with E-state index in [1.165, 1.54) is 0 Å². The zero-order valence-corrected chi connectivity index (χ0v) is 14.0. The minimum absolute atomic E-state index is 0.0379. The molecule has 0 heterocycles. The number of fused-ring (bicyclic) bond motifs is 2. The highest BCUT2D eigenvalue weighted by Crippen LogP contribution is 2.64. The van der Waals surface area contributed by atoms with E-state index in [2.05, 4.69) is 25.1 Å². The van der Waals surface area contributed by atoms with Crippen LogP contribution in [0.25, 0.3) is 0 Å². The van der Waals surface area contributed by atoms with E-state index in [9.17, 15) is 13.2 Å². The van der Waals surface area contributed by atoms with Crippen molar-refractivity contribution in [3.8, 4) is 0 Å². The molecule has 0 amide bonds. The minimum atomic E-state index is -3.40. The Hall–Kier alpha value is -0.680. The van der Waals surface area contributed by atoms with Gasteiger partial charge in [-0.3, -0.25) is 4.79 Å². The van der Waals surface area contributed by atoms with Gasteiger partial charge in [0.25, 0.3) is 0 Å². The summed E-state index contributed by atoms with van der Waals surface area (Å²) in [5.41, 5.74) is -0.855. The van der Waals surface area contributed by atoms with Crippen LogP contribution in [0.5, 0.6) is 0 Å². The molecule has 2 aliphatic carbocycles. The molecule has 0 saturated heterocycles. The van der Waals surface area contributed by atoms with E-state index in [1.807, 2.05) is 6.08 Å².